The molecule has 2 aromatic heterocycles. The second-order valence-electron chi connectivity index (χ2n) is 7.84. The number of piperazine rings is 1. The van der Waals surface area contributed by atoms with E-state index in [-0.39, 0.29) is 17.9 Å². The summed E-state index contributed by atoms with van der Waals surface area (Å²) in [5.74, 6) is 0.891. The molecule has 4 rings (SSSR count). The molecule has 9 heteroatoms. The molecule has 31 heavy (non-hydrogen) atoms. The monoisotopic (exact) mass is 424 g/mol. The first-order valence-electron chi connectivity index (χ1n) is 10.7. The number of aromatic nitrogens is 2. The molecule has 0 bridgehead atoms. The van der Waals surface area contributed by atoms with E-state index < -0.39 is 0 Å². The zero-order chi connectivity index (χ0) is 21.8. The molecule has 0 radical (unpaired) electrons. The van der Waals surface area contributed by atoms with E-state index in [4.69, 9.17) is 4.74 Å². The van der Waals surface area contributed by atoms with Crippen LogP contribution in [0.5, 0.6) is 5.88 Å². The number of hydrogen-bond acceptors (Lipinski definition) is 7. The van der Waals surface area contributed by atoms with E-state index in [1.54, 1.807) is 19.3 Å². The van der Waals surface area contributed by atoms with E-state index in [1.165, 1.54) is 0 Å². The van der Waals surface area contributed by atoms with Crippen LogP contribution in [-0.4, -0.2) is 66.0 Å². The van der Waals surface area contributed by atoms with Gasteiger partial charge in [0, 0.05) is 45.8 Å². The molecule has 4 heterocycles. The Morgan fingerprint density at radius 3 is 2.94 bits per heavy atom. The molecule has 2 aliphatic heterocycles. The smallest absolute Gasteiger partial charge is 0.269 e. The molecule has 2 aromatic rings. The predicted molar refractivity (Wildman–Crippen MR) is 117 cm³/mol. The van der Waals surface area contributed by atoms with Gasteiger partial charge in [0.25, 0.3) is 5.91 Å². The van der Waals surface area contributed by atoms with Crippen molar-refractivity contribution in [3.8, 4) is 5.88 Å². The van der Waals surface area contributed by atoms with Crippen LogP contribution in [0, 0.1) is 0 Å². The fourth-order valence-electron chi connectivity index (χ4n) is 4.04. The van der Waals surface area contributed by atoms with Crippen molar-refractivity contribution >= 4 is 23.3 Å². The van der Waals surface area contributed by atoms with Gasteiger partial charge in [0.1, 0.15) is 23.8 Å². The lowest BCUT2D eigenvalue weighted by Gasteiger charge is -2.45. The summed E-state index contributed by atoms with van der Waals surface area (Å²) >= 11 is 0. The van der Waals surface area contributed by atoms with Crippen LogP contribution >= 0.6 is 0 Å². The van der Waals surface area contributed by atoms with Crippen molar-refractivity contribution in [2.75, 3.05) is 43.5 Å². The van der Waals surface area contributed by atoms with E-state index in [0.717, 1.165) is 43.9 Å². The van der Waals surface area contributed by atoms with Crippen molar-refractivity contribution < 1.29 is 14.3 Å². The molecule has 9 nitrogen and oxygen atoms in total. The maximum Gasteiger partial charge on any atom is 0.269 e. The number of pyridine rings is 2. The minimum atomic E-state index is -0.221. The third-order valence-corrected chi connectivity index (χ3v) is 5.56. The van der Waals surface area contributed by atoms with Gasteiger partial charge in [0.05, 0.1) is 6.04 Å². The summed E-state index contributed by atoms with van der Waals surface area (Å²) in [6.45, 7) is 5.90. The van der Waals surface area contributed by atoms with Gasteiger partial charge in [-0.15, -0.1) is 0 Å². The number of carbonyl (C=O) groups excluding carboxylic acids is 2. The summed E-state index contributed by atoms with van der Waals surface area (Å²) in [6, 6.07) is 7.80. The third-order valence-electron chi connectivity index (χ3n) is 5.56. The normalized spacial score (nSPS) is 17.9. The summed E-state index contributed by atoms with van der Waals surface area (Å²) in [5, 5.41) is 5.45. The highest BCUT2D eigenvalue weighted by Gasteiger charge is 2.34. The van der Waals surface area contributed by atoms with Gasteiger partial charge in [-0.25, -0.2) is 9.97 Å². The Bertz CT molecular complexity index is 966. The molecule has 0 saturated carbocycles. The minimum absolute atomic E-state index is 0.00744. The highest BCUT2D eigenvalue weighted by Crippen LogP contribution is 2.34. The Morgan fingerprint density at radius 2 is 2.13 bits per heavy atom. The maximum atomic E-state index is 11.8. The van der Waals surface area contributed by atoms with Crippen LogP contribution in [-0.2, 0) is 11.3 Å². The number of ether oxygens (including phenoxy) is 1. The number of carbonyl (C=O) groups is 2. The number of fused-ring (bicyclic) bond motifs is 3. The number of nitrogens with zero attached hydrogens (tertiary/aromatic N) is 4. The average molecular weight is 425 g/mol. The quantitative estimate of drug-likeness (QED) is 0.727. The number of nitrogens with one attached hydrogen (secondary N) is 2. The Kier molecular flexibility index (Phi) is 6.31. The molecule has 1 fully saturated rings. The van der Waals surface area contributed by atoms with Crippen LogP contribution in [0.3, 0.4) is 0 Å². The largest absolute Gasteiger partial charge is 0.474 e. The van der Waals surface area contributed by atoms with E-state index in [9.17, 15) is 9.59 Å². The minimum Gasteiger partial charge on any atom is -0.474 e. The molecule has 0 aromatic carbocycles. The van der Waals surface area contributed by atoms with Gasteiger partial charge in [-0.2, -0.15) is 0 Å². The maximum absolute atomic E-state index is 11.8. The van der Waals surface area contributed by atoms with E-state index in [0.29, 0.717) is 30.4 Å². The highest BCUT2D eigenvalue weighted by molar-refractivity contribution is 5.92. The van der Waals surface area contributed by atoms with Crippen LogP contribution < -0.4 is 20.3 Å². The lowest BCUT2D eigenvalue weighted by Crippen LogP contribution is -2.57. The number of hydrogen-bond donors (Lipinski definition) is 2. The fourth-order valence-corrected chi connectivity index (χ4v) is 4.04. The lowest BCUT2D eigenvalue weighted by atomic mass is 10.1. The zero-order valence-corrected chi connectivity index (χ0v) is 17.9. The standard InChI is InChI=1S/C22H28N6O3/c1-3-4-20(29)26-19-11-15(7-8-24-19)12-27-9-10-28-16(13-27)14-31-22-18(28)6-5-17(25-22)21(30)23-2/h5-8,11,16H,3-4,9-10,12-14H2,1-2H3,(H,23,30)(H,24,26,29). The average Bonchev–Trinajstić information content (AvgIpc) is 2.78. The van der Waals surface area contributed by atoms with Crippen molar-refractivity contribution in [2.45, 2.75) is 32.4 Å². The summed E-state index contributed by atoms with van der Waals surface area (Å²) in [4.78, 5) is 37.0. The van der Waals surface area contributed by atoms with Gasteiger partial charge in [0.2, 0.25) is 11.8 Å². The zero-order valence-electron chi connectivity index (χ0n) is 17.9. The Hall–Kier alpha value is -3.20. The van der Waals surface area contributed by atoms with Gasteiger partial charge < -0.3 is 20.3 Å². The summed E-state index contributed by atoms with van der Waals surface area (Å²) in [7, 11) is 1.59. The van der Waals surface area contributed by atoms with Crippen molar-refractivity contribution in [3.05, 3.63) is 41.7 Å². The number of anilines is 2. The first-order valence-corrected chi connectivity index (χ1v) is 10.7. The molecule has 0 aliphatic carbocycles. The van der Waals surface area contributed by atoms with Crippen LogP contribution in [0.2, 0.25) is 0 Å². The lowest BCUT2D eigenvalue weighted by molar-refractivity contribution is -0.116. The van der Waals surface area contributed by atoms with Crippen LogP contribution in [0.25, 0.3) is 0 Å². The molecule has 1 atom stereocenters. The number of amides is 2. The first kappa shape index (κ1) is 21.0. The first-order chi connectivity index (χ1) is 15.1. The predicted octanol–water partition coefficient (Wildman–Crippen LogP) is 1.66. The topological polar surface area (TPSA) is 99.7 Å². The van der Waals surface area contributed by atoms with Crippen molar-refractivity contribution in [1.29, 1.82) is 0 Å². The van der Waals surface area contributed by atoms with Gasteiger partial charge in [-0.3, -0.25) is 14.5 Å². The molecule has 0 spiro atoms. The van der Waals surface area contributed by atoms with Gasteiger partial charge >= 0.3 is 0 Å². The molecular formula is C22H28N6O3. The number of rotatable bonds is 6. The van der Waals surface area contributed by atoms with E-state index in [2.05, 4.69) is 30.4 Å². The highest BCUT2D eigenvalue weighted by atomic mass is 16.5. The second kappa shape index (κ2) is 9.30. The van der Waals surface area contributed by atoms with Gasteiger partial charge in [0.15, 0.2) is 0 Å². The fraction of sp³-hybridized carbons (Fsp3) is 0.455. The molecule has 2 aliphatic rings. The SMILES string of the molecule is CCCC(=O)Nc1cc(CN2CCN3c4ccc(C(=O)NC)nc4OCC3C2)ccn1. The van der Waals surface area contributed by atoms with Crippen molar-refractivity contribution in [3.63, 3.8) is 0 Å². The summed E-state index contributed by atoms with van der Waals surface area (Å²) in [6.07, 6.45) is 3.05. The Morgan fingerprint density at radius 1 is 1.26 bits per heavy atom. The molecule has 2 N–H and O–H groups in total. The summed E-state index contributed by atoms with van der Waals surface area (Å²) in [5.41, 5.74) is 2.41. The molecular weight excluding hydrogens is 396 g/mol. The second-order valence-corrected chi connectivity index (χ2v) is 7.84. The van der Waals surface area contributed by atoms with Crippen LogP contribution in [0.4, 0.5) is 11.5 Å². The Labute approximate surface area is 181 Å². The van der Waals surface area contributed by atoms with Gasteiger partial charge in [-0.1, -0.05) is 6.92 Å². The summed E-state index contributed by atoms with van der Waals surface area (Å²) < 4.78 is 5.90. The van der Waals surface area contributed by atoms with E-state index in [1.807, 2.05) is 25.1 Å². The Balaban J connectivity index is 1.39. The van der Waals surface area contributed by atoms with Crippen molar-refractivity contribution in [1.82, 2.24) is 20.2 Å². The van der Waals surface area contributed by atoms with E-state index >= 15 is 0 Å². The van der Waals surface area contributed by atoms with Gasteiger partial charge in [-0.05, 0) is 36.2 Å². The molecule has 1 unspecified atom stereocenters. The molecule has 2 amide bonds. The van der Waals surface area contributed by atoms with Crippen LogP contribution in [0.1, 0.15) is 35.8 Å². The molecule has 1 saturated heterocycles. The van der Waals surface area contributed by atoms with Crippen molar-refractivity contribution in [2.24, 2.45) is 0 Å². The van der Waals surface area contributed by atoms with Crippen LogP contribution in [0.15, 0.2) is 30.5 Å². The third kappa shape index (κ3) is 4.77. The molecule has 164 valence electrons.